The third-order valence-corrected chi connectivity index (χ3v) is 2.09. The molecule has 0 aliphatic rings. The lowest BCUT2D eigenvalue weighted by Gasteiger charge is -2.03. The molecule has 2 heteroatoms. The first-order valence-electron chi connectivity index (χ1n) is 6.80. The summed E-state index contributed by atoms with van der Waals surface area (Å²) in [7, 11) is 0. The number of rotatable bonds is 3. The molecule has 0 atom stereocenters. The van der Waals surface area contributed by atoms with E-state index in [0.29, 0.717) is 0 Å². The summed E-state index contributed by atoms with van der Waals surface area (Å²) in [5.74, 6) is 0.810. The normalized spacial score (nSPS) is 9.61. The Morgan fingerprint density at radius 2 is 1.83 bits per heavy atom. The van der Waals surface area contributed by atoms with Gasteiger partial charge in [-0.15, -0.1) is 0 Å². The van der Waals surface area contributed by atoms with Gasteiger partial charge in [-0.1, -0.05) is 47.3 Å². The maximum absolute atomic E-state index is 4.40. The number of hydrogen-bond donors (Lipinski definition) is 0. The highest BCUT2D eigenvalue weighted by molar-refractivity contribution is 5.54. The van der Waals surface area contributed by atoms with E-state index in [1.54, 1.807) is 0 Å². The molecule has 0 N–H and O–H groups in total. The van der Waals surface area contributed by atoms with E-state index in [0.717, 1.165) is 23.5 Å². The first kappa shape index (κ1) is 18.9. The molecule has 1 rings (SSSR count). The lowest BCUT2D eigenvalue weighted by molar-refractivity contribution is 0.977. The summed E-state index contributed by atoms with van der Waals surface area (Å²) in [6.45, 7) is 17.7. The van der Waals surface area contributed by atoms with Gasteiger partial charge in [0.2, 0.25) is 0 Å². The second-order valence-corrected chi connectivity index (χ2v) is 3.27. The van der Waals surface area contributed by atoms with Crippen LogP contribution in [0.15, 0.2) is 24.4 Å². The van der Waals surface area contributed by atoms with Crippen molar-refractivity contribution in [2.24, 2.45) is 0 Å². The number of hydrogen-bond acceptors (Lipinski definition) is 2. The quantitative estimate of drug-likeness (QED) is 0.704. The molecule has 0 radical (unpaired) electrons. The molecular weight excluding hydrogens is 220 g/mol. The molecule has 2 nitrogen and oxygen atoms in total. The van der Waals surface area contributed by atoms with Gasteiger partial charge in [0.15, 0.2) is 0 Å². The number of aryl methyl sites for hydroxylation is 2. The molecule has 0 bridgehead atoms. The molecule has 0 aliphatic heterocycles. The molecule has 102 valence electrons. The molecule has 0 fully saturated rings. The van der Waals surface area contributed by atoms with Crippen molar-refractivity contribution in [1.82, 2.24) is 9.97 Å². The predicted octanol–water partition coefficient (Wildman–Crippen LogP) is 4.99. The van der Waals surface area contributed by atoms with E-state index in [1.165, 1.54) is 5.56 Å². The summed E-state index contributed by atoms with van der Waals surface area (Å²) < 4.78 is 0. The largest absolute Gasteiger partial charge is 0.241 e. The molecule has 1 aromatic rings. The Bertz CT molecular complexity index is 365. The molecule has 0 saturated heterocycles. The minimum Gasteiger partial charge on any atom is -0.241 e. The van der Waals surface area contributed by atoms with Crippen molar-refractivity contribution in [2.45, 2.75) is 54.9 Å². The van der Waals surface area contributed by atoms with Crippen molar-refractivity contribution in [3.05, 3.63) is 41.5 Å². The van der Waals surface area contributed by atoms with Gasteiger partial charge in [-0.25, -0.2) is 9.97 Å². The van der Waals surface area contributed by atoms with E-state index in [1.807, 2.05) is 59.9 Å². The van der Waals surface area contributed by atoms with Crippen molar-refractivity contribution >= 4 is 6.08 Å². The van der Waals surface area contributed by atoms with Crippen LogP contribution in [0.5, 0.6) is 0 Å². The Hall–Kier alpha value is -1.44. The molecule has 0 aliphatic carbocycles. The first-order chi connectivity index (χ1) is 8.67. The van der Waals surface area contributed by atoms with Crippen molar-refractivity contribution in [3.8, 4) is 0 Å². The van der Waals surface area contributed by atoms with Crippen LogP contribution in [0.25, 0.3) is 6.08 Å². The third kappa shape index (κ3) is 7.00. The Balaban J connectivity index is 0. The minimum absolute atomic E-state index is 0.810. The maximum Gasteiger partial charge on any atom is 0.125 e. The highest BCUT2D eigenvalue weighted by Crippen LogP contribution is 2.11. The second-order valence-electron chi connectivity index (χ2n) is 3.27. The smallest absolute Gasteiger partial charge is 0.125 e. The van der Waals surface area contributed by atoms with Crippen LogP contribution in [0.2, 0.25) is 0 Å². The van der Waals surface area contributed by atoms with Gasteiger partial charge in [-0.3, -0.25) is 0 Å². The molecule has 0 aromatic carbocycles. The lowest BCUT2D eigenvalue weighted by Crippen LogP contribution is -1.96. The molecule has 0 unspecified atom stereocenters. The zero-order chi connectivity index (χ0) is 14.6. The van der Waals surface area contributed by atoms with Gasteiger partial charge in [0, 0.05) is 6.20 Å². The molecular formula is C16H28N2. The highest BCUT2D eigenvalue weighted by Gasteiger charge is 2.00. The summed E-state index contributed by atoms with van der Waals surface area (Å²) in [5, 5.41) is 0. The van der Waals surface area contributed by atoms with Crippen LogP contribution in [0.4, 0.5) is 0 Å². The summed E-state index contributed by atoms with van der Waals surface area (Å²) >= 11 is 0. The number of nitrogens with zero attached hydrogens (tertiary/aromatic N) is 2. The summed E-state index contributed by atoms with van der Waals surface area (Å²) in [4.78, 5) is 8.57. The molecule has 18 heavy (non-hydrogen) atoms. The Kier molecular flexibility index (Phi) is 12.6. The van der Waals surface area contributed by atoms with Gasteiger partial charge < -0.3 is 0 Å². The summed E-state index contributed by atoms with van der Waals surface area (Å²) in [6, 6.07) is 0. The zero-order valence-electron chi connectivity index (χ0n) is 13.0. The highest BCUT2D eigenvalue weighted by atomic mass is 14.9. The van der Waals surface area contributed by atoms with Crippen LogP contribution in [0.3, 0.4) is 0 Å². The molecule has 0 saturated carbocycles. The topological polar surface area (TPSA) is 25.8 Å². The van der Waals surface area contributed by atoms with Crippen molar-refractivity contribution < 1.29 is 0 Å². The van der Waals surface area contributed by atoms with Crippen molar-refractivity contribution in [2.75, 3.05) is 0 Å². The Morgan fingerprint density at radius 1 is 1.28 bits per heavy atom. The standard InChI is InChI=1S/C12H16N2.2C2H6/c1-5-9(3)7-12-11(6-2)8-13-10(4)14-12;2*1-2/h5,7-8H,1,6H2,2-4H3;2*1-2H3/b9-7-;;. The van der Waals surface area contributed by atoms with Crippen LogP contribution in [0.1, 0.15) is 58.6 Å². The van der Waals surface area contributed by atoms with E-state index in [-0.39, 0.29) is 0 Å². The molecule has 1 aromatic heterocycles. The van der Waals surface area contributed by atoms with E-state index in [9.17, 15) is 0 Å². The summed E-state index contributed by atoms with van der Waals surface area (Å²) in [6.07, 6.45) is 6.72. The van der Waals surface area contributed by atoms with Gasteiger partial charge in [0.25, 0.3) is 0 Å². The third-order valence-electron chi connectivity index (χ3n) is 2.09. The van der Waals surface area contributed by atoms with Crippen LogP contribution in [-0.2, 0) is 6.42 Å². The molecule has 1 heterocycles. The fraction of sp³-hybridized carbons (Fsp3) is 0.500. The fourth-order valence-corrected chi connectivity index (χ4v) is 1.18. The van der Waals surface area contributed by atoms with Crippen molar-refractivity contribution in [3.63, 3.8) is 0 Å². The zero-order valence-corrected chi connectivity index (χ0v) is 13.0. The minimum atomic E-state index is 0.810. The van der Waals surface area contributed by atoms with Crippen LogP contribution in [0, 0.1) is 6.92 Å². The number of aromatic nitrogens is 2. The Labute approximate surface area is 113 Å². The van der Waals surface area contributed by atoms with Crippen LogP contribution >= 0.6 is 0 Å². The number of allylic oxidation sites excluding steroid dienone is 2. The van der Waals surface area contributed by atoms with Gasteiger partial charge in [-0.2, -0.15) is 0 Å². The molecule has 0 amide bonds. The maximum atomic E-state index is 4.40. The van der Waals surface area contributed by atoms with Crippen molar-refractivity contribution in [1.29, 1.82) is 0 Å². The first-order valence-corrected chi connectivity index (χ1v) is 6.80. The average molecular weight is 248 g/mol. The average Bonchev–Trinajstić information content (AvgIpc) is 2.43. The predicted molar refractivity (Wildman–Crippen MR) is 82.7 cm³/mol. The lowest BCUT2D eigenvalue weighted by atomic mass is 10.1. The Morgan fingerprint density at radius 3 is 2.28 bits per heavy atom. The SMILES string of the molecule is C=C/C(C)=C\c1nc(C)ncc1CC.CC.CC. The monoisotopic (exact) mass is 248 g/mol. The van der Waals surface area contributed by atoms with E-state index in [4.69, 9.17) is 0 Å². The van der Waals surface area contributed by atoms with E-state index >= 15 is 0 Å². The molecule has 0 spiro atoms. The van der Waals surface area contributed by atoms with Gasteiger partial charge in [0.05, 0.1) is 5.69 Å². The van der Waals surface area contributed by atoms with E-state index in [2.05, 4.69) is 23.5 Å². The van der Waals surface area contributed by atoms with Crippen LogP contribution < -0.4 is 0 Å². The van der Waals surface area contributed by atoms with Gasteiger partial charge in [-0.05, 0) is 37.5 Å². The van der Waals surface area contributed by atoms with E-state index < -0.39 is 0 Å². The van der Waals surface area contributed by atoms with Gasteiger partial charge in [0.1, 0.15) is 5.82 Å². The van der Waals surface area contributed by atoms with Gasteiger partial charge >= 0.3 is 0 Å². The fourth-order valence-electron chi connectivity index (χ4n) is 1.18. The second kappa shape index (κ2) is 12.0. The van der Waals surface area contributed by atoms with Crippen LogP contribution in [-0.4, -0.2) is 9.97 Å². The summed E-state index contributed by atoms with van der Waals surface area (Å²) in [5.41, 5.74) is 3.31.